The summed E-state index contributed by atoms with van der Waals surface area (Å²) in [7, 11) is 3.32. The fourth-order valence-corrected chi connectivity index (χ4v) is 2.88. The summed E-state index contributed by atoms with van der Waals surface area (Å²) in [5, 5.41) is 5.22. The van der Waals surface area contributed by atoms with Gasteiger partial charge in [0, 0.05) is 10.8 Å². The lowest BCUT2D eigenvalue weighted by Crippen LogP contribution is -1.97. The number of methoxy groups -OCH3 is 2. The first-order chi connectivity index (χ1) is 12.3. The first-order valence-electron chi connectivity index (χ1n) is 7.93. The Labute approximate surface area is 145 Å². The molecule has 4 aromatic rings. The van der Waals surface area contributed by atoms with Crippen LogP contribution in [-0.4, -0.2) is 24.2 Å². The summed E-state index contributed by atoms with van der Waals surface area (Å²) in [6.07, 6.45) is 0. The highest BCUT2D eigenvalue weighted by atomic mass is 16.5. The molecule has 1 N–H and O–H groups in total. The molecule has 2 aromatic carbocycles. The molecule has 2 aromatic heterocycles. The van der Waals surface area contributed by atoms with E-state index in [-0.39, 0.29) is 0 Å². The van der Waals surface area contributed by atoms with Gasteiger partial charge in [-0.25, -0.2) is 9.97 Å². The Morgan fingerprint density at radius 1 is 0.640 bits per heavy atom. The van der Waals surface area contributed by atoms with Gasteiger partial charge in [-0.05, 0) is 48.5 Å². The lowest BCUT2D eigenvalue weighted by molar-refractivity contribution is 0.419. The van der Waals surface area contributed by atoms with E-state index in [2.05, 4.69) is 15.3 Å². The number of nitrogens with zero attached hydrogens (tertiary/aromatic N) is 2. The Hall–Kier alpha value is -3.34. The number of hydrogen-bond donors (Lipinski definition) is 1. The van der Waals surface area contributed by atoms with Crippen LogP contribution >= 0.6 is 0 Å². The van der Waals surface area contributed by atoms with Crippen LogP contribution in [0.2, 0.25) is 0 Å². The van der Waals surface area contributed by atoms with Gasteiger partial charge in [0.25, 0.3) is 0 Å². The Morgan fingerprint density at radius 3 is 1.56 bits per heavy atom. The quantitative estimate of drug-likeness (QED) is 0.595. The first kappa shape index (κ1) is 15.2. The molecule has 25 heavy (non-hydrogen) atoms. The second-order valence-corrected chi connectivity index (χ2v) is 5.57. The van der Waals surface area contributed by atoms with Gasteiger partial charge in [-0.2, -0.15) is 0 Å². The summed E-state index contributed by atoms with van der Waals surface area (Å²) >= 11 is 0. The van der Waals surface area contributed by atoms with Crippen molar-refractivity contribution in [3.8, 4) is 11.5 Å². The molecule has 0 spiro atoms. The van der Waals surface area contributed by atoms with E-state index in [4.69, 9.17) is 9.47 Å². The third kappa shape index (κ3) is 2.80. The second-order valence-electron chi connectivity index (χ2n) is 5.57. The molecule has 124 valence electrons. The average Bonchev–Trinajstić information content (AvgIpc) is 2.66. The highest BCUT2D eigenvalue weighted by Crippen LogP contribution is 2.28. The molecule has 0 amide bonds. The zero-order valence-electron chi connectivity index (χ0n) is 14.0. The number of ether oxygens (including phenoxy) is 2. The molecular formula is C20H17N3O2. The molecule has 0 aliphatic carbocycles. The summed E-state index contributed by atoms with van der Waals surface area (Å²) < 4.78 is 10.7. The van der Waals surface area contributed by atoms with Crippen LogP contribution in [0.4, 0.5) is 11.6 Å². The van der Waals surface area contributed by atoms with E-state index in [1.54, 1.807) is 14.2 Å². The molecule has 2 heterocycles. The van der Waals surface area contributed by atoms with Gasteiger partial charge >= 0.3 is 0 Å². The maximum atomic E-state index is 5.37. The number of aromatic nitrogens is 2. The number of pyridine rings is 2. The van der Waals surface area contributed by atoms with Crippen molar-refractivity contribution in [2.45, 2.75) is 0 Å². The van der Waals surface area contributed by atoms with Crippen molar-refractivity contribution in [3.05, 3.63) is 60.7 Å². The summed E-state index contributed by atoms with van der Waals surface area (Å²) in [5.74, 6) is 3.09. The maximum absolute atomic E-state index is 5.37. The molecule has 4 rings (SSSR count). The fourth-order valence-electron chi connectivity index (χ4n) is 2.88. The van der Waals surface area contributed by atoms with Crippen LogP contribution in [0.3, 0.4) is 0 Å². The number of rotatable bonds is 4. The minimum atomic E-state index is 0.732. The predicted octanol–water partition coefficient (Wildman–Crippen LogP) is 4.54. The molecule has 5 nitrogen and oxygen atoms in total. The van der Waals surface area contributed by atoms with E-state index >= 15 is 0 Å². The Morgan fingerprint density at radius 2 is 1.12 bits per heavy atom. The van der Waals surface area contributed by atoms with E-state index in [0.29, 0.717) is 0 Å². The van der Waals surface area contributed by atoms with Crippen molar-refractivity contribution in [3.63, 3.8) is 0 Å². The molecule has 0 aliphatic rings. The summed E-state index contributed by atoms with van der Waals surface area (Å²) in [4.78, 5) is 9.27. The number of nitrogens with one attached hydrogen (secondary N) is 1. The van der Waals surface area contributed by atoms with Gasteiger partial charge in [-0.1, -0.05) is 12.1 Å². The number of fused-ring (bicyclic) bond motifs is 2. The second kappa shape index (κ2) is 6.28. The van der Waals surface area contributed by atoms with Gasteiger partial charge < -0.3 is 14.8 Å². The minimum Gasteiger partial charge on any atom is -0.496 e. The molecule has 0 bridgehead atoms. The Balaban J connectivity index is 1.70. The smallest absolute Gasteiger partial charge is 0.132 e. The molecule has 0 fully saturated rings. The molecule has 0 radical (unpaired) electrons. The normalized spacial score (nSPS) is 10.8. The number of hydrogen-bond acceptors (Lipinski definition) is 5. The maximum Gasteiger partial charge on any atom is 0.132 e. The monoisotopic (exact) mass is 331 g/mol. The van der Waals surface area contributed by atoms with Crippen LogP contribution in [0.1, 0.15) is 0 Å². The molecule has 5 heteroatoms. The third-order valence-corrected chi connectivity index (χ3v) is 4.08. The Kier molecular flexibility index (Phi) is 3.82. The van der Waals surface area contributed by atoms with Crippen molar-refractivity contribution < 1.29 is 9.47 Å². The van der Waals surface area contributed by atoms with Crippen LogP contribution in [0.25, 0.3) is 21.8 Å². The van der Waals surface area contributed by atoms with Crippen LogP contribution in [0.5, 0.6) is 11.5 Å². The molecule has 0 atom stereocenters. The van der Waals surface area contributed by atoms with Crippen molar-refractivity contribution >= 4 is 33.4 Å². The van der Waals surface area contributed by atoms with Gasteiger partial charge in [-0.15, -0.1) is 0 Å². The van der Waals surface area contributed by atoms with Crippen molar-refractivity contribution in [1.29, 1.82) is 0 Å². The van der Waals surface area contributed by atoms with Gasteiger partial charge in [0.15, 0.2) is 0 Å². The number of anilines is 2. The van der Waals surface area contributed by atoms with Crippen LogP contribution in [-0.2, 0) is 0 Å². The predicted molar refractivity (Wildman–Crippen MR) is 99.9 cm³/mol. The summed E-state index contributed by atoms with van der Waals surface area (Å²) in [5.41, 5.74) is 1.73. The van der Waals surface area contributed by atoms with Gasteiger partial charge in [0.2, 0.25) is 0 Å². The van der Waals surface area contributed by atoms with Crippen molar-refractivity contribution in [2.75, 3.05) is 19.5 Å². The van der Waals surface area contributed by atoms with Crippen molar-refractivity contribution in [1.82, 2.24) is 9.97 Å². The summed E-state index contributed by atoms with van der Waals surface area (Å²) in [6.45, 7) is 0. The van der Waals surface area contributed by atoms with Crippen LogP contribution < -0.4 is 14.8 Å². The highest BCUT2D eigenvalue weighted by molar-refractivity contribution is 5.88. The Bertz CT molecular complexity index is 978. The lowest BCUT2D eigenvalue weighted by Gasteiger charge is -2.10. The van der Waals surface area contributed by atoms with Crippen molar-refractivity contribution in [2.24, 2.45) is 0 Å². The van der Waals surface area contributed by atoms with E-state index < -0.39 is 0 Å². The average molecular weight is 331 g/mol. The third-order valence-electron chi connectivity index (χ3n) is 4.08. The van der Waals surface area contributed by atoms with E-state index in [1.165, 1.54) is 0 Å². The van der Waals surface area contributed by atoms with E-state index in [9.17, 15) is 0 Å². The molecule has 0 aliphatic heterocycles. The highest BCUT2D eigenvalue weighted by Gasteiger charge is 2.06. The first-order valence-corrected chi connectivity index (χ1v) is 7.93. The van der Waals surface area contributed by atoms with E-state index in [1.807, 2.05) is 60.7 Å². The SMILES string of the molecule is COc1cccc2nc(Nc3ccc4c(OC)cccc4n3)ccc12. The lowest BCUT2D eigenvalue weighted by atomic mass is 10.2. The van der Waals surface area contributed by atoms with E-state index in [0.717, 1.165) is 44.9 Å². The summed E-state index contributed by atoms with van der Waals surface area (Å²) in [6, 6.07) is 19.5. The molecule has 0 saturated carbocycles. The topological polar surface area (TPSA) is 56.3 Å². The van der Waals surface area contributed by atoms with Gasteiger partial charge in [0.1, 0.15) is 23.1 Å². The van der Waals surface area contributed by atoms with Crippen LogP contribution in [0, 0.1) is 0 Å². The largest absolute Gasteiger partial charge is 0.496 e. The zero-order chi connectivity index (χ0) is 17.2. The molecule has 0 unspecified atom stereocenters. The van der Waals surface area contributed by atoms with Crippen LogP contribution in [0.15, 0.2) is 60.7 Å². The zero-order valence-corrected chi connectivity index (χ0v) is 14.0. The van der Waals surface area contributed by atoms with Gasteiger partial charge in [-0.3, -0.25) is 0 Å². The molecule has 0 saturated heterocycles. The standard InChI is InChI=1S/C20H17N3O2/c1-24-17-7-3-5-15-13(17)9-11-19(21-15)23-20-12-10-14-16(22-20)6-4-8-18(14)25-2/h3-12H,1-2H3,(H,21,22,23). The fraction of sp³-hybridized carbons (Fsp3) is 0.100. The molecular weight excluding hydrogens is 314 g/mol. The van der Waals surface area contributed by atoms with Gasteiger partial charge in [0.05, 0.1) is 25.3 Å². The number of benzene rings is 2. The minimum absolute atomic E-state index is 0.732.